The van der Waals surface area contributed by atoms with E-state index in [1.165, 1.54) is 0 Å². The number of oxazole rings is 1. The maximum atomic E-state index is 12.0. The van der Waals surface area contributed by atoms with E-state index in [0.29, 0.717) is 18.2 Å². The van der Waals surface area contributed by atoms with E-state index in [4.69, 9.17) is 13.6 Å². The van der Waals surface area contributed by atoms with Crippen molar-refractivity contribution in [1.82, 2.24) is 4.98 Å². The third-order valence-corrected chi connectivity index (χ3v) is 3.44. The highest BCUT2D eigenvalue weighted by Crippen LogP contribution is 2.33. The van der Waals surface area contributed by atoms with Crippen LogP contribution in [-0.2, 0) is 4.74 Å². The van der Waals surface area contributed by atoms with Crippen LogP contribution in [-0.4, -0.2) is 17.6 Å². The molecule has 0 radical (unpaired) electrons. The van der Waals surface area contributed by atoms with Crippen molar-refractivity contribution in [3.63, 3.8) is 0 Å². The number of hydrogen-bond donors (Lipinski definition) is 0. The first kappa shape index (κ1) is 15.4. The molecule has 0 aliphatic rings. The van der Waals surface area contributed by atoms with E-state index < -0.39 is 5.97 Å². The van der Waals surface area contributed by atoms with Gasteiger partial charge >= 0.3 is 5.97 Å². The molecule has 0 bridgehead atoms. The van der Waals surface area contributed by atoms with Crippen molar-refractivity contribution < 1.29 is 18.4 Å². The third kappa shape index (κ3) is 2.73. The highest BCUT2D eigenvalue weighted by atomic mass is 16.5. The van der Waals surface area contributed by atoms with Crippen molar-refractivity contribution in [2.75, 3.05) is 6.61 Å². The molecule has 0 atom stereocenters. The summed E-state index contributed by atoms with van der Waals surface area (Å²) in [6.45, 7) is 11.7. The maximum absolute atomic E-state index is 12.0. The van der Waals surface area contributed by atoms with E-state index >= 15 is 0 Å². The van der Waals surface area contributed by atoms with E-state index in [1.807, 2.05) is 34.6 Å². The van der Waals surface area contributed by atoms with Crippen LogP contribution in [0.3, 0.4) is 0 Å². The Labute approximate surface area is 124 Å². The van der Waals surface area contributed by atoms with Crippen LogP contribution in [0.1, 0.15) is 60.0 Å². The molecule has 0 aliphatic heterocycles. The number of rotatable bonds is 4. The summed E-state index contributed by atoms with van der Waals surface area (Å²) in [4.78, 5) is 16.5. The summed E-state index contributed by atoms with van der Waals surface area (Å²) in [5.74, 6) is 1.74. The van der Waals surface area contributed by atoms with Crippen LogP contribution in [0, 0.1) is 20.8 Å². The van der Waals surface area contributed by atoms with Crippen LogP contribution in [0.2, 0.25) is 0 Å². The summed E-state index contributed by atoms with van der Waals surface area (Å²) in [7, 11) is 0. The first-order valence-corrected chi connectivity index (χ1v) is 7.11. The molecule has 0 aromatic carbocycles. The summed E-state index contributed by atoms with van der Waals surface area (Å²) >= 11 is 0. The average molecular weight is 291 g/mol. The highest BCUT2D eigenvalue weighted by molar-refractivity contribution is 5.88. The fourth-order valence-corrected chi connectivity index (χ4v) is 2.28. The molecule has 0 spiro atoms. The largest absolute Gasteiger partial charge is 0.466 e. The predicted octanol–water partition coefficient (Wildman–Crippen LogP) is 4.16. The van der Waals surface area contributed by atoms with Crippen molar-refractivity contribution >= 4 is 5.97 Å². The van der Waals surface area contributed by atoms with Crippen molar-refractivity contribution in [3.05, 3.63) is 28.5 Å². The van der Waals surface area contributed by atoms with E-state index in [9.17, 15) is 4.79 Å². The molecule has 0 amide bonds. The number of furan rings is 1. The Morgan fingerprint density at radius 1 is 1.19 bits per heavy atom. The Morgan fingerprint density at radius 2 is 1.86 bits per heavy atom. The lowest BCUT2D eigenvalue weighted by Gasteiger charge is -2.02. The molecule has 2 aromatic heterocycles. The molecule has 0 N–H and O–H groups in total. The second-order valence-electron chi connectivity index (χ2n) is 5.32. The zero-order valence-corrected chi connectivity index (χ0v) is 13.4. The number of aryl methyl sites for hydroxylation is 2. The first-order valence-electron chi connectivity index (χ1n) is 7.11. The van der Waals surface area contributed by atoms with Crippen LogP contribution >= 0.6 is 0 Å². The molecule has 0 saturated heterocycles. The van der Waals surface area contributed by atoms with Gasteiger partial charge in [0.05, 0.1) is 17.9 Å². The van der Waals surface area contributed by atoms with Gasteiger partial charge in [-0.1, -0.05) is 13.8 Å². The van der Waals surface area contributed by atoms with Crippen LogP contribution in [0.25, 0.3) is 11.5 Å². The summed E-state index contributed by atoms with van der Waals surface area (Å²) in [6.07, 6.45) is 0. The van der Waals surface area contributed by atoms with E-state index in [-0.39, 0.29) is 11.7 Å². The lowest BCUT2D eigenvalue weighted by Crippen LogP contribution is -2.07. The quantitative estimate of drug-likeness (QED) is 0.791. The molecular formula is C16H21NO4. The number of carbonyl (C=O) groups is 1. The van der Waals surface area contributed by atoms with Crippen LogP contribution < -0.4 is 0 Å². The van der Waals surface area contributed by atoms with Crippen molar-refractivity contribution in [3.8, 4) is 11.5 Å². The highest BCUT2D eigenvalue weighted by Gasteiger charge is 2.26. The molecular weight excluding hydrogens is 270 g/mol. The van der Waals surface area contributed by atoms with Gasteiger partial charge in [0, 0.05) is 5.56 Å². The number of esters is 1. The molecule has 2 heterocycles. The summed E-state index contributed by atoms with van der Waals surface area (Å²) in [5.41, 5.74) is 2.39. The second kappa shape index (κ2) is 5.76. The van der Waals surface area contributed by atoms with Gasteiger partial charge in [0.15, 0.2) is 0 Å². The zero-order chi connectivity index (χ0) is 15.7. The molecule has 0 fully saturated rings. The molecule has 2 rings (SSSR count). The summed E-state index contributed by atoms with van der Waals surface area (Å²) in [6, 6.07) is 0. The lowest BCUT2D eigenvalue weighted by molar-refractivity contribution is 0.0488. The fourth-order valence-electron chi connectivity index (χ4n) is 2.28. The Morgan fingerprint density at radius 3 is 2.33 bits per heavy atom. The molecule has 5 nitrogen and oxygen atoms in total. The van der Waals surface area contributed by atoms with Crippen molar-refractivity contribution in [2.24, 2.45) is 0 Å². The van der Waals surface area contributed by atoms with Crippen LogP contribution in [0.15, 0.2) is 8.83 Å². The monoisotopic (exact) mass is 291 g/mol. The number of carbonyl (C=O) groups excluding carboxylic acids is 1. The van der Waals surface area contributed by atoms with E-state index in [0.717, 1.165) is 22.6 Å². The topological polar surface area (TPSA) is 65.5 Å². The van der Waals surface area contributed by atoms with Gasteiger partial charge in [-0.05, 0) is 33.6 Å². The van der Waals surface area contributed by atoms with Crippen LogP contribution in [0.4, 0.5) is 0 Å². The molecule has 0 saturated carbocycles. The molecule has 5 heteroatoms. The van der Waals surface area contributed by atoms with Gasteiger partial charge in [-0.25, -0.2) is 9.78 Å². The van der Waals surface area contributed by atoms with Gasteiger partial charge < -0.3 is 13.6 Å². The van der Waals surface area contributed by atoms with Gasteiger partial charge in [-0.15, -0.1) is 0 Å². The summed E-state index contributed by atoms with van der Waals surface area (Å²) in [5, 5.41) is 0. The SMILES string of the molecule is CCOC(=O)c1oc(-c2c(C)oc(C)c2C)nc1C(C)C. The van der Waals surface area contributed by atoms with E-state index in [2.05, 4.69) is 4.98 Å². The molecule has 114 valence electrons. The minimum absolute atomic E-state index is 0.0653. The minimum atomic E-state index is -0.476. The molecule has 2 aromatic rings. The van der Waals surface area contributed by atoms with Gasteiger partial charge in [-0.2, -0.15) is 0 Å². The number of hydrogen-bond acceptors (Lipinski definition) is 5. The van der Waals surface area contributed by atoms with Crippen molar-refractivity contribution in [1.29, 1.82) is 0 Å². The summed E-state index contributed by atoms with van der Waals surface area (Å²) < 4.78 is 16.3. The maximum Gasteiger partial charge on any atom is 0.376 e. The number of nitrogens with zero attached hydrogens (tertiary/aromatic N) is 1. The Bertz CT molecular complexity index is 664. The number of ether oxygens (including phenoxy) is 1. The smallest absolute Gasteiger partial charge is 0.376 e. The number of aromatic nitrogens is 1. The standard InChI is InChI=1S/C16H21NO4/c1-7-19-16(18)14-13(8(2)3)17-15(21-14)12-9(4)10(5)20-11(12)6/h8H,7H2,1-6H3. The Balaban J connectivity index is 2.56. The molecule has 21 heavy (non-hydrogen) atoms. The van der Waals surface area contributed by atoms with Gasteiger partial charge in [0.25, 0.3) is 0 Å². The predicted molar refractivity (Wildman–Crippen MR) is 78.5 cm³/mol. The molecule has 0 aliphatic carbocycles. The average Bonchev–Trinajstić information content (AvgIpc) is 2.93. The second-order valence-corrected chi connectivity index (χ2v) is 5.32. The Kier molecular flexibility index (Phi) is 4.21. The normalized spacial score (nSPS) is 11.2. The van der Waals surface area contributed by atoms with Crippen molar-refractivity contribution in [2.45, 2.75) is 47.5 Å². The first-order chi connectivity index (χ1) is 9.86. The zero-order valence-electron chi connectivity index (χ0n) is 13.4. The van der Waals surface area contributed by atoms with Gasteiger partial charge in [0.2, 0.25) is 11.7 Å². The Hall–Kier alpha value is -2.04. The van der Waals surface area contributed by atoms with Gasteiger partial charge in [-0.3, -0.25) is 0 Å². The fraction of sp³-hybridized carbons (Fsp3) is 0.500. The third-order valence-electron chi connectivity index (χ3n) is 3.44. The minimum Gasteiger partial charge on any atom is -0.466 e. The lowest BCUT2D eigenvalue weighted by atomic mass is 10.1. The molecule has 0 unspecified atom stereocenters. The van der Waals surface area contributed by atoms with Gasteiger partial charge in [0.1, 0.15) is 11.5 Å². The van der Waals surface area contributed by atoms with E-state index in [1.54, 1.807) is 6.92 Å². The van der Waals surface area contributed by atoms with Crippen LogP contribution in [0.5, 0.6) is 0 Å².